The molecule has 0 bridgehead atoms. The third-order valence-corrected chi connectivity index (χ3v) is 17.2. The van der Waals surface area contributed by atoms with Crippen LogP contribution in [-0.2, 0) is 3.07 Å². The van der Waals surface area contributed by atoms with Gasteiger partial charge in [0.15, 0.2) is 0 Å². The van der Waals surface area contributed by atoms with Gasteiger partial charge in [0.2, 0.25) is 0 Å². The van der Waals surface area contributed by atoms with E-state index >= 15 is 0 Å². The van der Waals surface area contributed by atoms with Crippen molar-refractivity contribution in [2.45, 2.75) is 94.4 Å². The van der Waals surface area contributed by atoms with Gasteiger partial charge >= 0.3 is 147 Å². The molecule has 0 amide bonds. The molecular weight excluding hydrogens is 375 g/mol. The second-order valence-electron chi connectivity index (χ2n) is 9.01. The summed E-state index contributed by atoms with van der Waals surface area (Å²) in [7, 11) is 0. The normalized spacial score (nSPS) is 13.1. The molecule has 0 radical (unpaired) electrons. The maximum absolute atomic E-state index is 6.80. The minimum absolute atomic E-state index is 0.768. The molecule has 0 aliphatic rings. The predicted octanol–water partition coefficient (Wildman–Crippen LogP) is 7.13. The Hall–Kier alpha value is 0.759. The molecule has 0 aromatic rings. The van der Waals surface area contributed by atoms with E-state index in [0.717, 1.165) is 30.3 Å². The summed E-state index contributed by atoms with van der Waals surface area (Å²) in [5.74, 6) is 3.23. The van der Waals surface area contributed by atoms with Crippen LogP contribution in [0.25, 0.3) is 0 Å². The fraction of sp³-hybridized carbons (Fsp3) is 1.00. The van der Waals surface area contributed by atoms with E-state index in [9.17, 15) is 0 Å². The molecule has 0 atom stereocenters. The first kappa shape index (κ1) is 22.8. The molecular formula is C20H44OSn. The Morgan fingerprint density at radius 3 is 1.14 bits per heavy atom. The summed E-state index contributed by atoms with van der Waals surface area (Å²) >= 11 is -2.41. The zero-order valence-corrected chi connectivity index (χ0v) is 19.7. The zero-order chi connectivity index (χ0) is 17.2. The first-order chi connectivity index (χ1) is 10.2. The molecule has 0 heterocycles. The van der Waals surface area contributed by atoms with Crippen LogP contribution in [0.2, 0.25) is 13.3 Å². The van der Waals surface area contributed by atoms with Crippen molar-refractivity contribution in [3.05, 3.63) is 0 Å². The molecule has 2 heteroatoms. The van der Waals surface area contributed by atoms with Gasteiger partial charge in [-0.15, -0.1) is 0 Å². The standard InChI is InChI=1S/C5H11O.3C5H11.Sn/c1-5(2)3-4-6;3*1-4-5(2)3;/h5H,3-4H2,1-2H3;3*5H,1,4H2,2-3H3;/q-1;;;;+1. The van der Waals surface area contributed by atoms with Crippen molar-refractivity contribution in [3.8, 4) is 0 Å². The Bertz CT molecular complexity index is 227. The predicted molar refractivity (Wildman–Crippen MR) is 104 cm³/mol. The van der Waals surface area contributed by atoms with Gasteiger partial charge in [0.05, 0.1) is 0 Å². The molecule has 0 N–H and O–H groups in total. The van der Waals surface area contributed by atoms with Crippen molar-refractivity contribution in [1.82, 2.24) is 0 Å². The molecule has 0 aliphatic heterocycles. The number of hydrogen-bond donors (Lipinski definition) is 0. The van der Waals surface area contributed by atoms with Crippen LogP contribution in [0.1, 0.15) is 81.1 Å². The van der Waals surface area contributed by atoms with E-state index < -0.39 is 18.8 Å². The van der Waals surface area contributed by atoms with Crippen LogP contribution >= 0.6 is 0 Å². The van der Waals surface area contributed by atoms with Crippen LogP contribution in [0.15, 0.2) is 0 Å². The first-order valence-electron chi connectivity index (χ1n) is 9.81. The monoisotopic (exact) mass is 420 g/mol. The number of rotatable bonds is 13. The van der Waals surface area contributed by atoms with E-state index in [1.807, 2.05) is 0 Å². The van der Waals surface area contributed by atoms with Crippen molar-refractivity contribution in [2.24, 2.45) is 23.7 Å². The molecule has 0 fully saturated rings. The number of hydrogen-bond acceptors (Lipinski definition) is 1. The maximum atomic E-state index is 6.80. The second-order valence-corrected chi connectivity index (χ2v) is 20.9. The van der Waals surface area contributed by atoms with Gasteiger partial charge < -0.3 is 0 Å². The van der Waals surface area contributed by atoms with Gasteiger partial charge in [-0.05, 0) is 0 Å². The minimum atomic E-state index is -2.41. The fourth-order valence-electron chi connectivity index (χ4n) is 2.76. The van der Waals surface area contributed by atoms with E-state index in [1.165, 1.54) is 39.0 Å². The van der Waals surface area contributed by atoms with E-state index in [2.05, 4.69) is 55.4 Å². The van der Waals surface area contributed by atoms with Gasteiger partial charge in [-0.2, -0.15) is 0 Å². The Labute approximate surface area is 146 Å². The Kier molecular flexibility index (Phi) is 12.6. The van der Waals surface area contributed by atoms with Gasteiger partial charge in [0.1, 0.15) is 0 Å². The van der Waals surface area contributed by atoms with Crippen LogP contribution in [0.5, 0.6) is 0 Å². The average Bonchev–Trinajstić information content (AvgIpc) is 2.39. The van der Waals surface area contributed by atoms with E-state index in [-0.39, 0.29) is 0 Å². The van der Waals surface area contributed by atoms with Crippen LogP contribution in [0, 0.1) is 23.7 Å². The summed E-state index contributed by atoms with van der Waals surface area (Å²) in [6.45, 7) is 19.9. The molecule has 1 nitrogen and oxygen atoms in total. The summed E-state index contributed by atoms with van der Waals surface area (Å²) in [6.07, 6.45) is 5.39. The third-order valence-electron chi connectivity index (χ3n) is 4.64. The topological polar surface area (TPSA) is 9.23 Å². The van der Waals surface area contributed by atoms with Crippen molar-refractivity contribution >= 4 is 18.8 Å². The molecule has 22 heavy (non-hydrogen) atoms. The third kappa shape index (κ3) is 12.2. The van der Waals surface area contributed by atoms with Crippen LogP contribution in [0.3, 0.4) is 0 Å². The molecule has 0 spiro atoms. The summed E-state index contributed by atoms with van der Waals surface area (Å²) in [4.78, 5) is 0. The summed E-state index contributed by atoms with van der Waals surface area (Å²) < 4.78 is 11.1. The van der Waals surface area contributed by atoms with Crippen molar-refractivity contribution in [3.63, 3.8) is 0 Å². The van der Waals surface area contributed by atoms with E-state index in [0.29, 0.717) is 0 Å². The van der Waals surface area contributed by atoms with Crippen molar-refractivity contribution in [2.75, 3.05) is 6.61 Å². The van der Waals surface area contributed by atoms with Crippen molar-refractivity contribution < 1.29 is 3.07 Å². The molecule has 0 aliphatic carbocycles. The summed E-state index contributed by atoms with van der Waals surface area (Å²) in [6, 6.07) is 0. The SMILES string of the molecule is CC(C)CC[O][Sn]([CH2]CC(C)C)([CH2]CC(C)C)[CH2]CC(C)C. The summed E-state index contributed by atoms with van der Waals surface area (Å²) in [5.41, 5.74) is 0. The first-order valence-corrected chi connectivity index (χ1v) is 17.0. The van der Waals surface area contributed by atoms with Crippen LogP contribution < -0.4 is 0 Å². The van der Waals surface area contributed by atoms with Crippen molar-refractivity contribution in [1.29, 1.82) is 0 Å². The Morgan fingerprint density at radius 1 is 0.545 bits per heavy atom. The molecule has 0 aromatic heterocycles. The molecule has 0 rings (SSSR count). The molecule has 0 aromatic carbocycles. The Balaban J connectivity index is 4.83. The van der Waals surface area contributed by atoms with Gasteiger partial charge in [-0.1, -0.05) is 0 Å². The van der Waals surface area contributed by atoms with E-state index in [4.69, 9.17) is 3.07 Å². The van der Waals surface area contributed by atoms with Gasteiger partial charge in [-0.25, -0.2) is 0 Å². The molecule has 0 saturated heterocycles. The zero-order valence-electron chi connectivity index (χ0n) is 16.9. The summed E-state index contributed by atoms with van der Waals surface area (Å²) in [5, 5.41) is 0. The van der Waals surface area contributed by atoms with Crippen LogP contribution in [0.4, 0.5) is 0 Å². The average molecular weight is 419 g/mol. The van der Waals surface area contributed by atoms with Crippen LogP contribution in [-0.4, -0.2) is 25.4 Å². The molecule has 134 valence electrons. The van der Waals surface area contributed by atoms with Gasteiger partial charge in [0.25, 0.3) is 0 Å². The molecule has 0 saturated carbocycles. The Morgan fingerprint density at radius 2 is 0.864 bits per heavy atom. The fourth-order valence-corrected chi connectivity index (χ4v) is 17.2. The molecule has 0 unspecified atom stereocenters. The quantitative estimate of drug-likeness (QED) is 0.289. The second kappa shape index (κ2) is 12.2. The van der Waals surface area contributed by atoms with Gasteiger partial charge in [-0.3, -0.25) is 0 Å². The van der Waals surface area contributed by atoms with E-state index in [1.54, 1.807) is 0 Å². The van der Waals surface area contributed by atoms with Gasteiger partial charge in [0, 0.05) is 0 Å².